The zero-order valence-electron chi connectivity index (χ0n) is 8.53. The van der Waals surface area contributed by atoms with Crippen LogP contribution in [0.25, 0.3) is 0 Å². The van der Waals surface area contributed by atoms with Crippen molar-refractivity contribution < 1.29 is 9.84 Å². The Balaban J connectivity index is 2.31. The Morgan fingerprint density at radius 1 is 1.53 bits per heavy atom. The Morgan fingerprint density at radius 3 is 3.07 bits per heavy atom. The summed E-state index contributed by atoms with van der Waals surface area (Å²) in [5, 5.41) is 12.9. The smallest absolute Gasteiger partial charge is 0.136 e. The van der Waals surface area contributed by atoms with Crippen LogP contribution in [0.5, 0.6) is 5.75 Å². The summed E-state index contributed by atoms with van der Waals surface area (Å²) >= 11 is 2.28. The summed E-state index contributed by atoms with van der Waals surface area (Å²) in [5.74, 6) is 0.820. The van der Waals surface area contributed by atoms with Gasteiger partial charge in [0.25, 0.3) is 0 Å². The Bertz CT molecular complexity index is 356. The van der Waals surface area contributed by atoms with E-state index in [0.29, 0.717) is 0 Å². The van der Waals surface area contributed by atoms with Crippen LogP contribution in [-0.2, 0) is 6.42 Å². The van der Waals surface area contributed by atoms with Crippen LogP contribution >= 0.6 is 22.6 Å². The number of aryl methyl sites for hydroxylation is 1. The summed E-state index contributed by atoms with van der Waals surface area (Å²) in [6, 6.07) is 5.95. The molecule has 0 amide bonds. The van der Waals surface area contributed by atoms with Crippen molar-refractivity contribution in [2.75, 3.05) is 12.4 Å². The SMILES string of the molecule is COc1ccc2c(c1)NC(O)C(I)CC2. The van der Waals surface area contributed by atoms with E-state index in [1.165, 1.54) is 5.56 Å². The predicted molar refractivity (Wildman–Crippen MR) is 68.8 cm³/mol. The average molecular weight is 319 g/mol. The summed E-state index contributed by atoms with van der Waals surface area (Å²) in [4.78, 5) is 0. The van der Waals surface area contributed by atoms with Gasteiger partial charge in [0.2, 0.25) is 0 Å². The van der Waals surface area contributed by atoms with Gasteiger partial charge in [-0.05, 0) is 24.5 Å². The van der Waals surface area contributed by atoms with Gasteiger partial charge in [-0.25, -0.2) is 0 Å². The van der Waals surface area contributed by atoms with Gasteiger partial charge in [0, 0.05) is 11.8 Å². The molecule has 0 saturated heterocycles. The number of fused-ring (bicyclic) bond motifs is 1. The van der Waals surface area contributed by atoms with Crippen LogP contribution in [0.4, 0.5) is 5.69 Å². The number of benzene rings is 1. The van der Waals surface area contributed by atoms with Crippen molar-refractivity contribution in [3.63, 3.8) is 0 Å². The molecule has 1 aliphatic rings. The summed E-state index contributed by atoms with van der Waals surface area (Å²) in [7, 11) is 1.65. The highest BCUT2D eigenvalue weighted by Gasteiger charge is 2.21. The van der Waals surface area contributed by atoms with E-state index in [9.17, 15) is 5.11 Å². The molecular weight excluding hydrogens is 305 g/mol. The van der Waals surface area contributed by atoms with E-state index in [1.807, 2.05) is 12.1 Å². The first-order chi connectivity index (χ1) is 7.20. The van der Waals surface area contributed by atoms with Crippen molar-refractivity contribution in [2.24, 2.45) is 0 Å². The Labute approximate surface area is 103 Å². The average Bonchev–Trinajstić information content (AvgIpc) is 2.39. The number of alkyl halides is 1. The second-order valence-corrected chi connectivity index (χ2v) is 5.27. The summed E-state index contributed by atoms with van der Waals surface area (Å²) in [5.41, 5.74) is 2.23. The molecule has 3 nitrogen and oxygen atoms in total. The first-order valence-electron chi connectivity index (χ1n) is 4.96. The largest absolute Gasteiger partial charge is 0.497 e. The molecule has 0 bridgehead atoms. The first kappa shape index (κ1) is 11.0. The quantitative estimate of drug-likeness (QED) is 0.616. The molecule has 1 heterocycles. The van der Waals surface area contributed by atoms with Gasteiger partial charge in [-0.1, -0.05) is 28.7 Å². The molecule has 4 heteroatoms. The number of rotatable bonds is 1. The Morgan fingerprint density at radius 2 is 2.33 bits per heavy atom. The number of hydrogen-bond donors (Lipinski definition) is 2. The van der Waals surface area contributed by atoms with Crippen molar-refractivity contribution in [1.82, 2.24) is 0 Å². The fraction of sp³-hybridized carbons (Fsp3) is 0.455. The van der Waals surface area contributed by atoms with Gasteiger partial charge in [0.15, 0.2) is 0 Å². The highest BCUT2D eigenvalue weighted by Crippen LogP contribution is 2.29. The van der Waals surface area contributed by atoms with E-state index in [2.05, 4.69) is 34.0 Å². The molecule has 0 aliphatic carbocycles. The standard InChI is InChI=1S/C11H14INO2/c1-15-8-4-2-7-3-5-9(12)11(14)13-10(7)6-8/h2,4,6,9,11,13-14H,3,5H2,1H3. The third kappa shape index (κ3) is 2.36. The Hall–Kier alpha value is -0.490. The van der Waals surface area contributed by atoms with E-state index in [1.54, 1.807) is 7.11 Å². The van der Waals surface area contributed by atoms with E-state index >= 15 is 0 Å². The maximum Gasteiger partial charge on any atom is 0.136 e. The van der Waals surface area contributed by atoms with Crippen LogP contribution in [-0.4, -0.2) is 22.4 Å². The molecule has 1 aromatic rings. The molecule has 2 rings (SSSR count). The number of methoxy groups -OCH3 is 1. The Kier molecular flexibility index (Phi) is 3.35. The van der Waals surface area contributed by atoms with Crippen LogP contribution in [0.1, 0.15) is 12.0 Å². The summed E-state index contributed by atoms with van der Waals surface area (Å²) in [6.45, 7) is 0. The summed E-state index contributed by atoms with van der Waals surface area (Å²) in [6.07, 6.45) is 1.52. The second kappa shape index (κ2) is 4.57. The number of ether oxygens (including phenoxy) is 1. The molecule has 1 aromatic carbocycles. The minimum Gasteiger partial charge on any atom is -0.497 e. The van der Waals surface area contributed by atoms with Crippen LogP contribution in [0.2, 0.25) is 0 Å². The lowest BCUT2D eigenvalue weighted by Gasteiger charge is -2.16. The molecule has 82 valence electrons. The molecule has 2 N–H and O–H groups in total. The third-order valence-electron chi connectivity index (χ3n) is 2.65. The van der Waals surface area contributed by atoms with Crippen molar-refractivity contribution in [3.8, 4) is 5.75 Å². The highest BCUT2D eigenvalue weighted by molar-refractivity contribution is 14.1. The topological polar surface area (TPSA) is 41.5 Å². The van der Waals surface area contributed by atoms with Gasteiger partial charge in [-0.2, -0.15) is 0 Å². The minimum atomic E-state index is -0.473. The van der Waals surface area contributed by atoms with Crippen molar-refractivity contribution in [2.45, 2.75) is 23.0 Å². The van der Waals surface area contributed by atoms with Crippen LogP contribution in [0.15, 0.2) is 18.2 Å². The maximum absolute atomic E-state index is 9.81. The van der Waals surface area contributed by atoms with Crippen molar-refractivity contribution >= 4 is 28.3 Å². The third-order valence-corrected chi connectivity index (χ3v) is 3.96. The number of halogens is 1. The zero-order chi connectivity index (χ0) is 10.8. The molecule has 0 spiro atoms. The molecule has 0 saturated carbocycles. The van der Waals surface area contributed by atoms with Crippen LogP contribution in [0.3, 0.4) is 0 Å². The van der Waals surface area contributed by atoms with Crippen molar-refractivity contribution in [1.29, 1.82) is 0 Å². The molecule has 1 aliphatic heterocycles. The van der Waals surface area contributed by atoms with E-state index in [-0.39, 0.29) is 3.92 Å². The number of aliphatic hydroxyl groups is 1. The van der Waals surface area contributed by atoms with E-state index in [4.69, 9.17) is 4.74 Å². The van der Waals surface area contributed by atoms with Gasteiger partial charge in [-0.15, -0.1) is 0 Å². The van der Waals surface area contributed by atoms with Gasteiger partial charge >= 0.3 is 0 Å². The fourth-order valence-electron chi connectivity index (χ4n) is 1.74. The minimum absolute atomic E-state index is 0.251. The molecule has 0 radical (unpaired) electrons. The molecule has 15 heavy (non-hydrogen) atoms. The lowest BCUT2D eigenvalue weighted by Crippen LogP contribution is -2.27. The van der Waals surface area contributed by atoms with E-state index < -0.39 is 6.23 Å². The van der Waals surface area contributed by atoms with Crippen molar-refractivity contribution in [3.05, 3.63) is 23.8 Å². The normalized spacial score (nSPS) is 25.0. The lowest BCUT2D eigenvalue weighted by molar-refractivity contribution is 0.203. The fourth-order valence-corrected chi connectivity index (χ4v) is 2.23. The van der Waals surface area contributed by atoms with Crippen LogP contribution < -0.4 is 10.1 Å². The summed E-state index contributed by atoms with van der Waals surface area (Å²) < 4.78 is 5.41. The number of nitrogens with one attached hydrogen (secondary N) is 1. The lowest BCUT2D eigenvalue weighted by atomic mass is 10.1. The first-order valence-corrected chi connectivity index (χ1v) is 6.21. The van der Waals surface area contributed by atoms with Crippen LogP contribution in [0, 0.1) is 0 Å². The number of hydrogen-bond acceptors (Lipinski definition) is 3. The monoisotopic (exact) mass is 319 g/mol. The van der Waals surface area contributed by atoms with E-state index in [0.717, 1.165) is 24.3 Å². The van der Waals surface area contributed by atoms with Gasteiger partial charge in [0.05, 0.1) is 11.0 Å². The number of aliphatic hydroxyl groups excluding tert-OH is 1. The maximum atomic E-state index is 9.81. The van der Waals surface area contributed by atoms with Gasteiger partial charge in [-0.3, -0.25) is 0 Å². The molecule has 0 fully saturated rings. The predicted octanol–water partition coefficient (Wildman–Crippen LogP) is 2.18. The number of anilines is 1. The molecule has 2 unspecified atom stereocenters. The molecule has 2 atom stereocenters. The molecule has 0 aromatic heterocycles. The second-order valence-electron chi connectivity index (χ2n) is 3.67. The molecular formula is C11H14INO2. The van der Waals surface area contributed by atoms with Gasteiger partial charge < -0.3 is 15.2 Å². The van der Waals surface area contributed by atoms with Gasteiger partial charge in [0.1, 0.15) is 12.0 Å². The highest BCUT2D eigenvalue weighted by atomic mass is 127. The zero-order valence-corrected chi connectivity index (χ0v) is 10.7.